The molecule has 0 radical (unpaired) electrons. The van der Waals surface area contributed by atoms with Crippen LogP contribution in [0.2, 0.25) is 0 Å². The molecule has 31 heavy (non-hydrogen) atoms. The summed E-state index contributed by atoms with van der Waals surface area (Å²) in [4.78, 5) is 36.0. The number of carbonyl (C=O) groups excluding carboxylic acids is 1. The Kier molecular flexibility index (Phi) is 5.93. The Morgan fingerprint density at radius 2 is 1.94 bits per heavy atom. The summed E-state index contributed by atoms with van der Waals surface area (Å²) in [5.74, 6) is -0.840. The number of rotatable bonds is 5. The summed E-state index contributed by atoms with van der Waals surface area (Å²) < 4.78 is 41.1. The SMILES string of the molecule is Cn1c(SCC(=O)Nc2ccccc2C(F)(F)F)nc2nc(N3CCCC3)sc2c1=O. The van der Waals surface area contributed by atoms with Crippen molar-refractivity contribution >= 4 is 50.2 Å². The number of hydrogen-bond donors (Lipinski definition) is 1. The number of carbonyl (C=O) groups is 1. The lowest BCUT2D eigenvalue weighted by Gasteiger charge is -2.13. The van der Waals surface area contributed by atoms with Gasteiger partial charge in [-0.05, 0) is 25.0 Å². The molecule has 3 heterocycles. The number of nitrogens with one attached hydrogen (secondary N) is 1. The van der Waals surface area contributed by atoms with Crippen LogP contribution in [0.4, 0.5) is 24.0 Å². The molecular weight excluding hydrogens is 451 g/mol. The molecule has 0 aliphatic carbocycles. The van der Waals surface area contributed by atoms with Crippen LogP contribution in [0.1, 0.15) is 18.4 Å². The van der Waals surface area contributed by atoms with Crippen molar-refractivity contribution in [1.82, 2.24) is 14.5 Å². The number of para-hydroxylation sites is 1. The number of anilines is 2. The van der Waals surface area contributed by atoms with Crippen LogP contribution in [-0.2, 0) is 18.0 Å². The van der Waals surface area contributed by atoms with E-state index in [2.05, 4.69) is 20.2 Å². The number of aromatic nitrogens is 3. The van der Waals surface area contributed by atoms with Crippen molar-refractivity contribution in [2.75, 3.05) is 29.1 Å². The number of fused-ring (bicyclic) bond motifs is 1. The molecule has 7 nitrogen and oxygen atoms in total. The van der Waals surface area contributed by atoms with Gasteiger partial charge in [0.05, 0.1) is 17.0 Å². The molecule has 1 N–H and O–H groups in total. The molecule has 4 rings (SSSR count). The highest BCUT2D eigenvalue weighted by Crippen LogP contribution is 2.34. The van der Waals surface area contributed by atoms with Crippen molar-refractivity contribution in [1.29, 1.82) is 0 Å². The molecule has 0 atom stereocenters. The minimum atomic E-state index is -4.58. The third-order valence-corrected chi connectivity index (χ3v) is 6.92. The van der Waals surface area contributed by atoms with E-state index < -0.39 is 17.6 Å². The second-order valence-corrected chi connectivity index (χ2v) is 8.90. The Morgan fingerprint density at radius 1 is 1.23 bits per heavy atom. The molecule has 3 aromatic rings. The van der Waals surface area contributed by atoms with E-state index >= 15 is 0 Å². The lowest BCUT2D eigenvalue weighted by Crippen LogP contribution is -2.21. The summed E-state index contributed by atoms with van der Waals surface area (Å²) in [5, 5.41) is 3.31. The van der Waals surface area contributed by atoms with E-state index in [4.69, 9.17) is 0 Å². The van der Waals surface area contributed by atoms with E-state index in [-0.39, 0.29) is 22.2 Å². The van der Waals surface area contributed by atoms with Crippen molar-refractivity contribution in [3.8, 4) is 0 Å². The molecule has 1 aromatic carbocycles. The number of nitrogens with zero attached hydrogens (tertiary/aromatic N) is 4. The quantitative estimate of drug-likeness (QED) is 0.453. The van der Waals surface area contributed by atoms with Gasteiger partial charge in [-0.25, -0.2) is 4.98 Å². The number of alkyl halides is 3. The smallest absolute Gasteiger partial charge is 0.348 e. The Bertz CT molecular complexity index is 1190. The van der Waals surface area contributed by atoms with Gasteiger partial charge in [0.25, 0.3) is 5.56 Å². The highest BCUT2D eigenvalue weighted by Gasteiger charge is 2.33. The zero-order valence-electron chi connectivity index (χ0n) is 16.4. The average Bonchev–Trinajstić information content (AvgIpc) is 3.39. The van der Waals surface area contributed by atoms with Gasteiger partial charge in [0.1, 0.15) is 4.70 Å². The number of thioether (sulfide) groups is 1. The zero-order chi connectivity index (χ0) is 22.2. The first-order chi connectivity index (χ1) is 14.7. The highest BCUT2D eigenvalue weighted by atomic mass is 32.2. The van der Waals surface area contributed by atoms with Crippen LogP contribution < -0.4 is 15.8 Å². The summed E-state index contributed by atoms with van der Waals surface area (Å²) in [6.45, 7) is 1.78. The van der Waals surface area contributed by atoms with Gasteiger partial charge in [-0.15, -0.1) is 0 Å². The molecule has 0 spiro atoms. The fraction of sp³-hybridized carbons (Fsp3) is 0.368. The van der Waals surface area contributed by atoms with Crippen molar-refractivity contribution < 1.29 is 18.0 Å². The average molecular weight is 470 g/mol. The topological polar surface area (TPSA) is 80.1 Å². The fourth-order valence-electron chi connectivity index (χ4n) is 3.25. The Hall–Kier alpha value is -2.60. The van der Waals surface area contributed by atoms with E-state index in [9.17, 15) is 22.8 Å². The third-order valence-electron chi connectivity index (χ3n) is 4.80. The van der Waals surface area contributed by atoms with Gasteiger partial charge in [-0.1, -0.05) is 35.2 Å². The summed E-state index contributed by atoms with van der Waals surface area (Å²) in [6.07, 6.45) is -2.42. The summed E-state index contributed by atoms with van der Waals surface area (Å²) in [5.41, 5.74) is -1.18. The van der Waals surface area contributed by atoms with Crippen LogP contribution in [-0.4, -0.2) is 39.3 Å². The van der Waals surface area contributed by atoms with Crippen LogP contribution >= 0.6 is 23.1 Å². The Balaban J connectivity index is 1.51. The molecule has 12 heteroatoms. The van der Waals surface area contributed by atoms with Gasteiger partial charge in [-0.2, -0.15) is 18.2 Å². The van der Waals surface area contributed by atoms with Gasteiger partial charge in [0, 0.05) is 20.1 Å². The zero-order valence-corrected chi connectivity index (χ0v) is 18.0. The van der Waals surface area contributed by atoms with E-state index in [0.717, 1.165) is 48.9 Å². The van der Waals surface area contributed by atoms with E-state index in [0.29, 0.717) is 10.3 Å². The van der Waals surface area contributed by atoms with Crippen LogP contribution in [0.15, 0.2) is 34.2 Å². The molecule has 1 saturated heterocycles. The Morgan fingerprint density at radius 3 is 2.65 bits per heavy atom. The van der Waals surface area contributed by atoms with Crippen molar-refractivity contribution in [3.05, 3.63) is 40.2 Å². The summed E-state index contributed by atoms with van der Waals surface area (Å²) in [6, 6.07) is 4.77. The standard InChI is InChI=1S/C19H18F3N5O2S2/c1-26-16(29)14-15(25-18(31-14)27-8-4-5-9-27)24-17(26)30-10-13(28)23-12-7-3-2-6-11(12)19(20,21)22/h2-3,6-7H,4-5,8-10H2,1H3,(H,23,28). The van der Waals surface area contributed by atoms with E-state index in [1.54, 1.807) is 7.05 Å². The monoisotopic (exact) mass is 469 g/mol. The van der Waals surface area contributed by atoms with Gasteiger partial charge >= 0.3 is 6.18 Å². The minimum Gasteiger partial charge on any atom is -0.348 e. The van der Waals surface area contributed by atoms with Crippen LogP contribution in [0.25, 0.3) is 10.3 Å². The first-order valence-corrected chi connectivity index (χ1v) is 11.3. The van der Waals surface area contributed by atoms with Crippen molar-refractivity contribution in [2.45, 2.75) is 24.2 Å². The second-order valence-electron chi connectivity index (χ2n) is 6.98. The van der Waals surface area contributed by atoms with E-state index in [1.165, 1.54) is 34.1 Å². The number of thiazole rings is 1. The van der Waals surface area contributed by atoms with Gasteiger partial charge in [-0.3, -0.25) is 14.2 Å². The molecule has 0 saturated carbocycles. The Labute approximate surface area is 183 Å². The third kappa shape index (κ3) is 4.54. The largest absolute Gasteiger partial charge is 0.418 e. The highest BCUT2D eigenvalue weighted by molar-refractivity contribution is 7.99. The maximum Gasteiger partial charge on any atom is 0.418 e. The number of amides is 1. The molecule has 2 aromatic heterocycles. The lowest BCUT2D eigenvalue weighted by atomic mass is 10.1. The molecule has 1 aliphatic heterocycles. The molecule has 0 unspecified atom stereocenters. The number of halogens is 3. The predicted molar refractivity (Wildman–Crippen MR) is 115 cm³/mol. The lowest BCUT2D eigenvalue weighted by molar-refractivity contribution is -0.137. The van der Waals surface area contributed by atoms with Crippen LogP contribution in [0.5, 0.6) is 0 Å². The molecule has 1 aliphatic rings. The van der Waals surface area contributed by atoms with Crippen LogP contribution in [0.3, 0.4) is 0 Å². The van der Waals surface area contributed by atoms with Gasteiger partial charge in [0.15, 0.2) is 15.9 Å². The fourth-order valence-corrected chi connectivity index (χ4v) is 5.04. The molecule has 164 valence electrons. The van der Waals surface area contributed by atoms with Crippen LogP contribution in [0, 0.1) is 0 Å². The maximum absolute atomic E-state index is 13.1. The number of hydrogen-bond acceptors (Lipinski definition) is 7. The maximum atomic E-state index is 13.1. The van der Waals surface area contributed by atoms with E-state index in [1.807, 2.05) is 0 Å². The van der Waals surface area contributed by atoms with Gasteiger partial charge < -0.3 is 10.2 Å². The number of benzene rings is 1. The molecular formula is C19H18F3N5O2S2. The summed E-state index contributed by atoms with van der Waals surface area (Å²) in [7, 11) is 1.54. The van der Waals surface area contributed by atoms with Gasteiger partial charge in [0.2, 0.25) is 5.91 Å². The van der Waals surface area contributed by atoms with Crippen molar-refractivity contribution in [3.63, 3.8) is 0 Å². The molecule has 0 bridgehead atoms. The first kappa shape index (κ1) is 21.6. The minimum absolute atomic E-state index is 0.207. The van der Waals surface area contributed by atoms with Crippen molar-refractivity contribution in [2.24, 2.45) is 7.05 Å². The first-order valence-electron chi connectivity index (χ1n) is 9.45. The predicted octanol–water partition coefficient (Wildman–Crippen LogP) is 3.74. The summed E-state index contributed by atoms with van der Waals surface area (Å²) >= 11 is 2.27. The molecule has 1 fully saturated rings. The second kappa shape index (κ2) is 8.50. The normalized spacial score (nSPS) is 14.4. The molecule has 1 amide bonds.